The molecule has 2 fully saturated rings. The van der Waals surface area contributed by atoms with Crippen molar-refractivity contribution in [1.82, 2.24) is 9.80 Å². The molecule has 0 unspecified atom stereocenters. The van der Waals surface area contributed by atoms with Gasteiger partial charge in [0.05, 0.1) is 12.8 Å². The Balaban J connectivity index is 1.51. The third-order valence-electron chi connectivity index (χ3n) is 5.78. The van der Waals surface area contributed by atoms with Crippen LogP contribution in [-0.2, 0) is 9.59 Å². The van der Waals surface area contributed by atoms with Crippen molar-refractivity contribution in [2.75, 3.05) is 51.3 Å². The van der Waals surface area contributed by atoms with E-state index in [4.69, 9.17) is 4.74 Å². The van der Waals surface area contributed by atoms with Crippen LogP contribution in [0.4, 0.5) is 5.69 Å². The van der Waals surface area contributed by atoms with Crippen LogP contribution in [0.1, 0.15) is 39.5 Å². The van der Waals surface area contributed by atoms with Crippen LogP contribution in [0.15, 0.2) is 24.3 Å². The molecular formula is C22H33N3O3. The van der Waals surface area contributed by atoms with Crippen LogP contribution in [0.3, 0.4) is 0 Å². The lowest BCUT2D eigenvalue weighted by atomic mass is 9.84. The molecule has 0 atom stereocenters. The van der Waals surface area contributed by atoms with Crippen molar-refractivity contribution in [3.8, 4) is 5.75 Å². The van der Waals surface area contributed by atoms with Gasteiger partial charge >= 0.3 is 0 Å². The highest BCUT2D eigenvalue weighted by Gasteiger charge is 2.31. The molecule has 0 aromatic heterocycles. The number of rotatable bonds is 6. The van der Waals surface area contributed by atoms with E-state index in [0.29, 0.717) is 25.9 Å². The summed E-state index contributed by atoms with van der Waals surface area (Å²) < 4.78 is 5.46. The molecule has 6 heteroatoms. The normalized spacial score (nSPS) is 17.8. The summed E-state index contributed by atoms with van der Waals surface area (Å²) in [5.74, 6) is 1.21. The van der Waals surface area contributed by atoms with Crippen molar-refractivity contribution in [2.45, 2.75) is 39.5 Å². The van der Waals surface area contributed by atoms with Crippen molar-refractivity contribution < 1.29 is 14.3 Å². The molecule has 28 heavy (non-hydrogen) atoms. The fourth-order valence-corrected chi connectivity index (χ4v) is 4.16. The van der Waals surface area contributed by atoms with Crippen molar-refractivity contribution in [2.24, 2.45) is 5.41 Å². The maximum atomic E-state index is 12.8. The van der Waals surface area contributed by atoms with Gasteiger partial charge in [0.2, 0.25) is 11.8 Å². The SMILES string of the molecule is COc1ccccc1N1CCN(C(=O)CC(C)(C)CC(=O)N2CCCC2)CC1. The second-order valence-electron chi connectivity index (χ2n) is 8.65. The Hall–Kier alpha value is -2.24. The van der Waals surface area contributed by atoms with Crippen LogP contribution in [0, 0.1) is 5.41 Å². The minimum atomic E-state index is -0.309. The number of hydrogen-bond donors (Lipinski definition) is 0. The summed E-state index contributed by atoms with van der Waals surface area (Å²) in [5, 5.41) is 0. The number of hydrogen-bond acceptors (Lipinski definition) is 4. The molecule has 2 aliphatic heterocycles. The number of ether oxygens (including phenoxy) is 1. The van der Waals surface area contributed by atoms with E-state index in [9.17, 15) is 9.59 Å². The van der Waals surface area contributed by atoms with Gasteiger partial charge in [-0.1, -0.05) is 26.0 Å². The zero-order valence-corrected chi connectivity index (χ0v) is 17.4. The topological polar surface area (TPSA) is 53.1 Å². The summed E-state index contributed by atoms with van der Waals surface area (Å²) in [6.07, 6.45) is 3.06. The monoisotopic (exact) mass is 387 g/mol. The van der Waals surface area contributed by atoms with E-state index in [1.807, 2.05) is 41.8 Å². The number of amides is 2. The average Bonchev–Trinajstić information content (AvgIpc) is 3.22. The third kappa shape index (κ3) is 4.97. The molecule has 2 saturated heterocycles. The number of carbonyl (C=O) groups excluding carboxylic acids is 2. The van der Waals surface area contributed by atoms with Gasteiger partial charge in [-0.2, -0.15) is 0 Å². The van der Waals surface area contributed by atoms with Gasteiger partial charge in [-0.05, 0) is 30.4 Å². The number of anilines is 1. The smallest absolute Gasteiger partial charge is 0.223 e. The molecule has 2 aliphatic rings. The molecule has 0 saturated carbocycles. The standard InChI is InChI=1S/C22H33N3O3/c1-22(2,16-20(26)24-10-6-7-11-24)17-21(27)25-14-12-23(13-15-25)18-8-4-5-9-19(18)28-3/h4-5,8-9H,6-7,10-17H2,1-3H3. The fourth-order valence-electron chi connectivity index (χ4n) is 4.16. The second kappa shape index (κ2) is 8.84. The second-order valence-corrected chi connectivity index (χ2v) is 8.65. The molecular weight excluding hydrogens is 354 g/mol. The summed E-state index contributed by atoms with van der Waals surface area (Å²) in [6.45, 7) is 8.79. The lowest BCUT2D eigenvalue weighted by Crippen LogP contribution is -2.49. The first-order chi connectivity index (χ1) is 13.4. The largest absolute Gasteiger partial charge is 0.495 e. The number of para-hydroxylation sites is 2. The molecule has 0 aliphatic carbocycles. The molecule has 0 N–H and O–H groups in total. The minimum Gasteiger partial charge on any atom is -0.495 e. The van der Waals surface area contributed by atoms with Crippen LogP contribution in [0.5, 0.6) is 5.75 Å². The number of likely N-dealkylation sites (tertiary alicyclic amines) is 1. The third-order valence-corrected chi connectivity index (χ3v) is 5.78. The van der Waals surface area contributed by atoms with E-state index in [2.05, 4.69) is 11.0 Å². The van der Waals surface area contributed by atoms with Gasteiger partial charge in [-0.25, -0.2) is 0 Å². The predicted octanol–water partition coefficient (Wildman–Crippen LogP) is 2.77. The van der Waals surface area contributed by atoms with Gasteiger partial charge in [-0.3, -0.25) is 9.59 Å². The van der Waals surface area contributed by atoms with Crippen LogP contribution >= 0.6 is 0 Å². The number of carbonyl (C=O) groups is 2. The molecule has 2 amide bonds. The van der Waals surface area contributed by atoms with Gasteiger partial charge in [0.25, 0.3) is 0 Å². The Labute approximate surface area is 168 Å². The van der Waals surface area contributed by atoms with Gasteiger partial charge in [0, 0.05) is 52.1 Å². The van der Waals surface area contributed by atoms with Crippen molar-refractivity contribution >= 4 is 17.5 Å². The lowest BCUT2D eigenvalue weighted by Gasteiger charge is -2.38. The number of piperazine rings is 1. The quantitative estimate of drug-likeness (QED) is 0.753. The highest BCUT2D eigenvalue weighted by Crippen LogP contribution is 2.30. The Kier molecular flexibility index (Phi) is 6.47. The predicted molar refractivity (Wildman–Crippen MR) is 111 cm³/mol. The molecule has 2 heterocycles. The number of benzene rings is 1. The summed E-state index contributed by atoms with van der Waals surface area (Å²) in [4.78, 5) is 31.5. The van der Waals surface area contributed by atoms with Crippen LogP contribution in [-0.4, -0.2) is 68.0 Å². The summed E-state index contributed by atoms with van der Waals surface area (Å²) >= 11 is 0. The summed E-state index contributed by atoms with van der Waals surface area (Å²) in [6, 6.07) is 8.00. The average molecular weight is 388 g/mol. The zero-order valence-electron chi connectivity index (χ0n) is 17.4. The molecule has 0 radical (unpaired) electrons. The lowest BCUT2D eigenvalue weighted by molar-refractivity contribution is -0.136. The molecule has 0 bridgehead atoms. The number of nitrogens with zero attached hydrogens (tertiary/aromatic N) is 3. The van der Waals surface area contributed by atoms with Gasteiger partial charge < -0.3 is 19.4 Å². The van der Waals surface area contributed by atoms with Gasteiger partial charge in [0.15, 0.2) is 0 Å². The first-order valence-corrected chi connectivity index (χ1v) is 10.3. The maximum absolute atomic E-state index is 12.8. The maximum Gasteiger partial charge on any atom is 0.223 e. The zero-order chi connectivity index (χ0) is 20.1. The first-order valence-electron chi connectivity index (χ1n) is 10.3. The Bertz CT molecular complexity index is 690. The Morgan fingerprint density at radius 2 is 1.43 bits per heavy atom. The van der Waals surface area contributed by atoms with Crippen molar-refractivity contribution in [3.63, 3.8) is 0 Å². The highest BCUT2D eigenvalue weighted by molar-refractivity contribution is 5.80. The molecule has 1 aromatic rings. The van der Waals surface area contributed by atoms with Crippen LogP contribution in [0.2, 0.25) is 0 Å². The molecule has 3 rings (SSSR count). The summed E-state index contributed by atoms with van der Waals surface area (Å²) in [7, 11) is 1.68. The molecule has 1 aromatic carbocycles. The van der Waals surface area contributed by atoms with E-state index in [0.717, 1.165) is 50.5 Å². The highest BCUT2D eigenvalue weighted by atomic mass is 16.5. The van der Waals surface area contributed by atoms with Gasteiger partial charge in [0.1, 0.15) is 5.75 Å². The van der Waals surface area contributed by atoms with E-state index in [1.54, 1.807) is 7.11 Å². The van der Waals surface area contributed by atoms with E-state index < -0.39 is 0 Å². The molecule has 0 spiro atoms. The molecule has 154 valence electrons. The van der Waals surface area contributed by atoms with E-state index in [-0.39, 0.29) is 17.2 Å². The van der Waals surface area contributed by atoms with E-state index >= 15 is 0 Å². The fraction of sp³-hybridized carbons (Fsp3) is 0.636. The van der Waals surface area contributed by atoms with Crippen molar-refractivity contribution in [1.29, 1.82) is 0 Å². The first kappa shape index (κ1) is 20.5. The summed E-state index contributed by atoms with van der Waals surface area (Å²) in [5.41, 5.74) is 0.768. The van der Waals surface area contributed by atoms with Crippen LogP contribution < -0.4 is 9.64 Å². The Morgan fingerprint density at radius 1 is 0.893 bits per heavy atom. The van der Waals surface area contributed by atoms with Crippen molar-refractivity contribution in [3.05, 3.63) is 24.3 Å². The van der Waals surface area contributed by atoms with Crippen LogP contribution in [0.25, 0.3) is 0 Å². The van der Waals surface area contributed by atoms with E-state index in [1.165, 1.54) is 0 Å². The molecule has 6 nitrogen and oxygen atoms in total. The number of methoxy groups -OCH3 is 1. The Morgan fingerprint density at radius 3 is 2.00 bits per heavy atom. The minimum absolute atomic E-state index is 0.152. The van der Waals surface area contributed by atoms with Gasteiger partial charge in [-0.15, -0.1) is 0 Å².